The summed E-state index contributed by atoms with van der Waals surface area (Å²) in [5.74, 6) is 0. The van der Waals surface area contributed by atoms with Crippen LogP contribution in [0.1, 0.15) is 18.4 Å². The number of nitrogens with zero attached hydrogens (tertiary/aromatic N) is 1. The molecule has 6 heteroatoms. The van der Waals surface area contributed by atoms with E-state index >= 15 is 0 Å². The number of anilines is 1. The summed E-state index contributed by atoms with van der Waals surface area (Å²) < 4.78 is 5.14. The minimum absolute atomic E-state index is 0.107. The van der Waals surface area contributed by atoms with Crippen molar-refractivity contribution in [1.29, 1.82) is 0 Å². The van der Waals surface area contributed by atoms with Crippen LogP contribution in [0.5, 0.6) is 0 Å². The number of benzene rings is 1. The first kappa shape index (κ1) is 15.4. The van der Waals surface area contributed by atoms with Crippen LogP contribution in [-0.4, -0.2) is 31.2 Å². The molecular weight excluding hydrogens is 246 g/mol. The van der Waals surface area contributed by atoms with E-state index in [1.165, 1.54) is 0 Å². The van der Waals surface area contributed by atoms with E-state index in [-0.39, 0.29) is 16.7 Å². The van der Waals surface area contributed by atoms with Crippen molar-refractivity contribution in [2.24, 2.45) is 5.73 Å². The Balaban J connectivity index is 2.78. The fraction of sp³-hybridized carbons (Fsp3) is 0.538. The zero-order chi connectivity index (χ0) is 14.3. The van der Waals surface area contributed by atoms with Gasteiger partial charge in [0, 0.05) is 30.5 Å². The van der Waals surface area contributed by atoms with Crippen molar-refractivity contribution < 1.29 is 9.66 Å². The molecule has 3 N–H and O–H groups in total. The Morgan fingerprint density at radius 1 is 1.53 bits per heavy atom. The number of nitrogens with one attached hydrogen (secondary N) is 1. The Morgan fingerprint density at radius 2 is 2.26 bits per heavy atom. The van der Waals surface area contributed by atoms with E-state index in [0.29, 0.717) is 18.7 Å². The highest BCUT2D eigenvalue weighted by Crippen LogP contribution is 2.23. The zero-order valence-corrected chi connectivity index (χ0v) is 11.4. The number of rotatable bonds is 8. The maximum Gasteiger partial charge on any atom is 0.274 e. The SMILES string of the molecule is COCC(CCCN)Nc1ccc(C)c([N+](=O)[O-])c1. The van der Waals surface area contributed by atoms with Crippen molar-refractivity contribution in [3.05, 3.63) is 33.9 Å². The zero-order valence-electron chi connectivity index (χ0n) is 11.4. The van der Waals surface area contributed by atoms with Crippen LogP contribution in [0.3, 0.4) is 0 Å². The molecule has 0 spiro atoms. The molecule has 0 aliphatic rings. The van der Waals surface area contributed by atoms with E-state index in [0.717, 1.165) is 18.5 Å². The Hall–Kier alpha value is -1.66. The Bertz CT molecular complexity index is 424. The highest BCUT2D eigenvalue weighted by molar-refractivity contribution is 5.55. The van der Waals surface area contributed by atoms with E-state index in [9.17, 15) is 10.1 Å². The van der Waals surface area contributed by atoms with E-state index < -0.39 is 0 Å². The van der Waals surface area contributed by atoms with Gasteiger partial charge < -0.3 is 15.8 Å². The summed E-state index contributed by atoms with van der Waals surface area (Å²) in [4.78, 5) is 10.5. The highest BCUT2D eigenvalue weighted by Gasteiger charge is 2.13. The molecule has 106 valence electrons. The predicted molar refractivity (Wildman–Crippen MR) is 75.4 cm³/mol. The van der Waals surface area contributed by atoms with Crippen molar-refractivity contribution in [3.8, 4) is 0 Å². The molecule has 0 heterocycles. The lowest BCUT2D eigenvalue weighted by atomic mass is 10.1. The first-order valence-electron chi connectivity index (χ1n) is 6.29. The molecule has 0 saturated carbocycles. The molecule has 0 radical (unpaired) electrons. The fourth-order valence-corrected chi connectivity index (χ4v) is 1.89. The van der Waals surface area contributed by atoms with Crippen molar-refractivity contribution in [3.63, 3.8) is 0 Å². The smallest absolute Gasteiger partial charge is 0.274 e. The number of aryl methyl sites for hydroxylation is 1. The summed E-state index contributed by atoms with van der Waals surface area (Å²) in [6.07, 6.45) is 1.75. The quantitative estimate of drug-likeness (QED) is 0.556. The molecule has 0 bridgehead atoms. The summed E-state index contributed by atoms with van der Waals surface area (Å²) in [7, 11) is 1.63. The normalized spacial score (nSPS) is 12.2. The van der Waals surface area contributed by atoms with Crippen molar-refractivity contribution in [2.45, 2.75) is 25.8 Å². The fourth-order valence-electron chi connectivity index (χ4n) is 1.89. The molecule has 1 atom stereocenters. The minimum atomic E-state index is -0.369. The molecule has 0 saturated heterocycles. The molecule has 0 amide bonds. The molecule has 1 aromatic rings. The molecular formula is C13H21N3O3. The first-order chi connectivity index (χ1) is 9.08. The number of methoxy groups -OCH3 is 1. The van der Waals surface area contributed by atoms with Crippen molar-refractivity contribution >= 4 is 11.4 Å². The Morgan fingerprint density at radius 3 is 2.84 bits per heavy atom. The predicted octanol–water partition coefficient (Wildman–Crippen LogP) is 2.07. The first-order valence-corrected chi connectivity index (χ1v) is 6.29. The molecule has 19 heavy (non-hydrogen) atoms. The Labute approximate surface area is 113 Å². The van der Waals surface area contributed by atoms with Crippen LogP contribution >= 0.6 is 0 Å². The van der Waals surface area contributed by atoms with E-state index in [2.05, 4.69) is 5.32 Å². The Kier molecular flexibility index (Phi) is 6.24. The summed E-state index contributed by atoms with van der Waals surface area (Å²) in [5.41, 5.74) is 7.00. The number of nitrogens with two attached hydrogens (primary N) is 1. The van der Waals surface area contributed by atoms with Crippen LogP contribution in [0.4, 0.5) is 11.4 Å². The molecule has 6 nitrogen and oxygen atoms in total. The third-order valence-electron chi connectivity index (χ3n) is 2.90. The number of hydrogen-bond acceptors (Lipinski definition) is 5. The van der Waals surface area contributed by atoms with Gasteiger partial charge in [-0.2, -0.15) is 0 Å². The highest BCUT2D eigenvalue weighted by atomic mass is 16.6. The molecule has 1 rings (SSSR count). The number of hydrogen-bond donors (Lipinski definition) is 2. The van der Waals surface area contributed by atoms with Crippen LogP contribution in [-0.2, 0) is 4.74 Å². The third-order valence-corrected chi connectivity index (χ3v) is 2.90. The molecule has 0 aromatic heterocycles. The van der Waals surface area contributed by atoms with E-state index in [1.807, 2.05) is 6.07 Å². The van der Waals surface area contributed by atoms with Gasteiger partial charge in [-0.05, 0) is 32.4 Å². The van der Waals surface area contributed by atoms with Crippen LogP contribution < -0.4 is 11.1 Å². The number of nitro benzene ring substituents is 1. The second-order valence-electron chi connectivity index (χ2n) is 4.49. The van der Waals surface area contributed by atoms with Gasteiger partial charge in [0.1, 0.15) is 0 Å². The molecule has 0 aliphatic heterocycles. The van der Waals surface area contributed by atoms with E-state index in [1.54, 1.807) is 26.2 Å². The largest absolute Gasteiger partial charge is 0.383 e. The van der Waals surface area contributed by atoms with E-state index in [4.69, 9.17) is 10.5 Å². The monoisotopic (exact) mass is 267 g/mol. The maximum absolute atomic E-state index is 10.9. The van der Waals surface area contributed by atoms with Crippen LogP contribution in [0.25, 0.3) is 0 Å². The summed E-state index contributed by atoms with van der Waals surface area (Å²) in [6, 6.07) is 5.25. The van der Waals surface area contributed by atoms with Gasteiger partial charge in [-0.1, -0.05) is 6.07 Å². The summed E-state index contributed by atoms with van der Waals surface area (Å²) in [6.45, 7) is 2.89. The molecule has 1 aromatic carbocycles. The molecule has 0 fully saturated rings. The van der Waals surface area contributed by atoms with Crippen molar-refractivity contribution in [2.75, 3.05) is 25.6 Å². The standard InChI is InChI=1S/C13H21N3O3/c1-10-5-6-11(8-13(10)16(17)18)15-12(9-19-2)4-3-7-14/h5-6,8,12,15H,3-4,7,9,14H2,1-2H3. The summed E-state index contributed by atoms with van der Waals surface area (Å²) in [5, 5.41) is 14.1. The average molecular weight is 267 g/mol. The lowest BCUT2D eigenvalue weighted by molar-refractivity contribution is -0.385. The van der Waals surface area contributed by atoms with Crippen LogP contribution in [0.15, 0.2) is 18.2 Å². The van der Waals surface area contributed by atoms with Gasteiger partial charge in [-0.15, -0.1) is 0 Å². The van der Waals surface area contributed by atoms with Crippen LogP contribution in [0, 0.1) is 17.0 Å². The maximum atomic E-state index is 10.9. The van der Waals surface area contributed by atoms with Gasteiger partial charge in [0.15, 0.2) is 0 Å². The van der Waals surface area contributed by atoms with Gasteiger partial charge in [-0.3, -0.25) is 10.1 Å². The topological polar surface area (TPSA) is 90.4 Å². The van der Waals surface area contributed by atoms with Crippen LogP contribution in [0.2, 0.25) is 0 Å². The second kappa shape index (κ2) is 7.70. The van der Waals surface area contributed by atoms with Gasteiger partial charge in [0.2, 0.25) is 0 Å². The molecule has 1 unspecified atom stereocenters. The summed E-state index contributed by atoms with van der Waals surface area (Å²) >= 11 is 0. The molecule has 0 aliphatic carbocycles. The van der Waals surface area contributed by atoms with Gasteiger partial charge in [0.05, 0.1) is 11.5 Å². The second-order valence-corrected chi connectivity index (χ2v) is 4.49. The third kappa shape index (κ3) is 4.84. The lowest BCUT2D eigenvalue weighted by Crippen LogP contribution is -2.25. The number of ether oxygens (including phenoxy) is 1. The number of nitro groups is 1. The van der Waals surface area contributed by atoms with Crippen molar-refractivity contribution in [1.82, 2.24) is 0 Å². The minimum Gasteiger partial charge on any atom is -0.383 e. The average Bonchev–Trinajstić information content (AvgIpc) is 2.38. The van der Waals surface area contributed by atoms with Gasteiger partial charge >= 0.3 is 0 Å². The lowest BCUT2D eigenvalue weighted by Gasteiger charge is -2.19. The van der Waals surface area contributed by atoms with Gasteiger partial charge in [-0.25, -0.2) is 0 Å². The van der Waals surface area contributed by atoms with Gasteiger partial charge in [0.25, 0.3) is 5.69 Å².